The van der Waals surface area contributed by atoms with Gasteiger partial charge in [-0.25, -0.2) is 9.97 Å². The number of hydrogen-bond acceptors (Lipinski definition) is 7. The zero-order valence-corrected chi connectivity index (χ0v) is 16.8. The Morgan fingerprint density at radius 3 is 2.56 bits per heavy atom. The van der Waals surface area contributed by atoms with Gasteiger partial charge in [-0.15, -0.1) is 0 Å². The molecule has 0 fully saturated rings. The first-order valence-electron chi connectivity index (χ1n) is 8.14. The van der Waals surface area contributed by atoms with Crippen molar-refractivity contribution in [1.82, 2.24) is 9.97 Å². The van der Waals surface area contributed by atoms with Gasteiger partial charge in [0.2, 0.25) is 0 Å². The number of carbonyl (C=O) groups excluding carboxylic acids is 2. The van der Waals surface area contributed by atoms with Gasteiger partial charge in [-0.2, -0.15) is 0 Å². The van der Waals surface area contributed by atoms with Crippen LogP contribution in [-0.2, 0) is 18.8 Å². The van der Waals surface area contributed by atoms with Crippen LogP contribution in [0.5, 0.6) is 0 Å². The molecule has 1 rings (SSSR count). The third-order valence-electron chi connectivity index (χ3n) is 4.06. The van der Waals surface area contributed by atoms with E-state index < -0.39 is 20.2 Å². The van der Waals surface area contributed by atoms with E-state index in [1.54, 1.807) is 0 Å². The van der Waals surface area contributed by atoms with Gasteiger partial charge in [0.05, 0.1) is 12.8 Å². The predicted octanol–water partition coefficient (Wildman–Crippen LogP) is 2.41. The lowest BCUT2D eigenvalue weighted by Crippen LogP contribution is -2.41. The molecule has 1 amide bonds. The van der Waals surface area contributed by atoms with Gasteiger partial charge in [-0.1, -0.05) is 20.8 Å². The molecule has 0 aliphatic rings. The highest BCUT2D eigenvalue weighted by molar-refractivity contribution is 6.74. The number of esters is 1. The van der Waals surface area contributed by atoms with E-state index >= 15 is 0 Å². The minimum atomic E-state index is -1.80. The third kappa shape index (κ3) is 7.18. The molecule has 8 nitrogen and oxygen atoms in total. The maximum Gasteiger partial charge on any atom is 0.303 e. The molecule has 0 saturated heterocycles. The number of hydrogen-bond donors (Lipinski definition) is 2. The van der Waals surface area contributed by atoms with Crippen LogP contribution in [0, 0.1) is 0 Å². The lowest BCUT2D eigenvalue weighted by atomic mass is 10.2. The lowest BCUT2D eigenvalue weighted by molar-refractivity contribution is -0.144. The summed E-state index contributed by atoms with van der Waals surface area (Å²) in [5.74, 6) is -0.476. The van der Waals surface area contributed by atoms with Crippen molar-refractivity contribution in [1.29, 1.82) is 0 Å². The van der Waals surface area contributed by atoms with E-state index in [0.29, 0.717) is 24.7 Å². The van der Waals surface area contributed by atoms with Crippen LogP contribution in [0.3, 0.4) is 0 Å². The highest BCUT2D eigenvalue weighted by atomic mass is 28.4. The molecule has 1 aromatic heterocycles. The summed E-state index contributed by atoms with van der Waals surface area (Å²) >= 11 is 0. The van der Waals surface area contributed by atoms with Crippen LogP contribution >= 0.6 is 0 Å². The van der Waals surface area contributed by atoms with E-state index in [2.05, 4.69) is 59.2 Å². The largest absolute Gasteiger partial charge is 0.456 e. The molecule has 1 aromatic rings. The van der Waals surface area contributed by atoms with Crippen molar-refractivity contribution >= 4 is 31.7 Å². The van der Waals surface area contributed by atoms with Crippen molar-refractivity contribution in [2.45, 2.75) is 45.8 Å². The molecule has 1 heterocycles. The second-order valence-corrected chi connectivity index (χ2v) is 12.0. The van der Waals surface area contributed by atoms with Gasteiger partial charge in [0, 0.05) is 13.5 Å². The van der Waals surface area contributed by atoms with Gasteiger partial charge in [-0.05, 0) is 18.1 Å². The van der Waals surface area contributed by atoms with Crippen LogP contribution < -0.4 is 10.6 Å². The molecule has 0 aliphatic carbocycles. The highest BCUT2D eigenvalue weighted by Crippen LogP contribution is 2.36. The topological polar surface area (TPSA) is 102 Å². The highest BCUT2D eigenvalue weighted by Gasteiger charge is 2.36. The predicted molar refractivity (Wildman–Crippen MR) is 98.9 cm³/mol. The van der Waals surface area contributed by atoms with Gasteiger partial charge < -0.3 is 19.8 Å². The number of rotatable bonds is 8. The molecule has 0 radical (unpaired) electrons. The third-order valence-corrected chi connectivity index (χ3v) is 8.59. The molecule has 0 bridgehead atoms. The van der Waals surface area contributed by atoms with Gasteiger partial charge >= 0.3 is 5.97 Å². The van der Waals surface area contributed by atoms with Gasteiger partial charge in [0.15, 0.2) is 20.7 Å². The van der Waals surface area contributed by atoms with Crippen molar-refractivity contribution in [3.63, 3.8) is 0 Å². The first kappa shape index (κ1) is 21.0. The first-order chi connectivity index (χ1) is 11.5. The van der Waals surface area contributed by atoms with Crippen LogP contribution in [0.1, 0.15) is 27.7 Å². The van der Waals surface area contributed by atoms with E-state index in [0.717, 1.165) is 0 Å². The summed E-state index contributed by atoms with van der Waals surface area (Å²) in [6.45, 7) is 12.9. The standard InChI is InChI=1S/C16H28N4O4Si/c1-12(21)23-10-14(22)20-13-9-17-11-19-15(13)18-7-8-24-25(5,6)16(2,3)4/h9,11H,7-8,10H2,1-6H3,(H,20,22)(H,17,18,19). The number of amides is 1. The molecule has 140 valence electrons. The molecule has 9 heteroatoms. The average Bonchev–Trinajstić information content (AvgIpc) is 2.50. The molecule has 0 saturated carbocycles. The van der Waals surface area contributed by atoms with Gasteiger partial charge in [0.1, 0.15) is 12.0 Å². The van der Waals surface area contributed by atoms with Crippen molar-refractivity contribution < 1.29 is 18.8 Å². The number of aromatic nitrogens is 2. The zero-order chi connectivity index (χ0) is 19.1. The normalized spacial score (nSPS) is 11.8. The summed E-state index contributed by atoms with van der Waals surface area (Å²) in [7, 11) is -1.80. The quantitative estimate of drug-likeness (QED) is 0.413. The molecular weight excluding hydrogens is 340 g/mol. The van der Waals surface area contributed by atoms with Crippen molar-refractivity contribution in [2.75, 3.05) is 30.4 Å². The molecule has 25 heavy (non-hydrogen) atoms. The van der Waals surface area contributed by atoms with E-state index in [-0.39, 0.29) is 11.6 Å². The summed E-state index contributed by atoms with van der Waals surface area (Å²) in [5, 5.41) is 5.89. The Morgan fingerprint density at radius 2 is 1.96 bits per heavy atom. The van der Waals surface area contributed by atoms with Crippen molar-refractivity contribution in [2.24, 2.45) is 0 Å². The fraction of sp³-hybridized carbons (Fsp3) is 0.625. The Bertz CT molecular complexity index is 602. The molecule has 2 N–H and O–H groups in total. The second kappa shape index (κ2) is 8.91. The molecular formula is C16H28N4O4Si. The second-order valence-electron chi connectivity index (χ2n) is 7.15. The molecule has 0 atom stereocenters. The minimum Gasteiger partial charge on any atom is -0.456 e. The Hall–Kier alpha value is -2.00. The molecule has 0 aromatic carbocycles. The number of nitrogens with zero attached hydrogens (tertiary/aromatic N) is 2. The molecule has 0 unspecified atom stereocenters. The van der Waals surface area contributed by atoms with Crippen LogP contribution in [0.4, 0.5) is 11.5 Å². The summed E-state index contributed by atoms with van der Waals surface area (Å²) in [5.41, 5.74) is 0.423. The van der Waals surface area contributed by atoms with Crippen LogP contribution in [0.15, 0.2) is 12.5 Å². The Balaban J connectivity index is 2.54. The van der Waals surface area contributed by atoms with E-state index in [1.165, 1.54) is 19.4 Å². The van der Waals surface area contributed by atoms with Crippen LogP contribution in [0.25, 0.3) is 0 Å². The van der Waals surface area contributed by atoms with Crippen molar-refractivity contribution in [3.8, 4) is 0 Å². The average molecular weight is 369 g/mol. The Kier molecular flexibility index (Phi) is 7.50. The Labute approximate surface area is 149 Å². The number of carbonyl (C=O) groups is 2. The molecule has 0 spiro atoms. The summed E-state index contributed by atoms with van der Waals surface area (Å²) < 4.78 is 10.7. The molecule has 0 aliphatic heterocycles. The SMILES string of the molecule is CC(=O)OCC(=O)Nc1cncnc1NCCO[Si](C)(C)C(C)(C)C. The van der Waals surface area contributed by atoms with Crippen molar-refractivity contribution in [3.05, 3.63) is 12.5 Å². The monoisotopic (exact) mass is 368 g/mol. The fourth-order valence-corrected chi connectivity index (χ4v) is 2.65. The van der Waals surface area contributed by atoms with Gasteiger partial charge in [0.25, 0.3) is 5.91 Å². The zero-order valence-electron chi connectivity index (χ0n) is 15.8. The number of nitrogens with one attached hydrogen (secondary N) is 2. The lowest BCUT2D eigenvalue weighted by Gasteiger charge is -2.36. The summed E-state index contributed by atoms with van der Waals surface area (Å²) in [4.78, 5) is 30.5. The maximum absolute atomic E-state index is 11.8. The fourth-order valence-electron chi connectivity index (χ4n) is 1.61. The van der Waals surface area contributed by atoms with E-state index in [9.17, 15) is 9.59 Å². The summed E-state index contributed by atoms with van der Waals surface area (Å²) in [6, 6.07) is 0. The smallest absolute Gasteiger partial charge is 0.303 e. The first-order valence-corrected chi connectivity index (χ1v) is 11.0. The van der Waals surface area contributed by atoms with Gasteiger partial charge in [-0.3, -0.25) is 9.59 Å². The van der Waals surface area contributed by atoms with E-state index in [4.69, 9.17) is 4.43 Å². The van der Waals surface area contributed by atoms with Crippen LogP contribution in [0.2, 0.25) is 18.1 Å². The summed E-state index contributed by atoms with van der Waals surface area (Å²) in [6.07, 6.45) is 2.87. The number of ether oxygens (including phenoxy) is 1. The van der Waals surface area contributed by atoms with Crippen LogP contribution in [-0.4, -0.2) is 49.9 Å². The van der Waals surface area contributed by atoms with E-state index in [1.807, 2.05) is 0 Å². The number of anilines is 2. The Morgan fingerprint density at radius 1 is 1.28 bits per heavy atom. The minimum absolute atomic E-state index is 0.151. The maximum atomic E-state index is 11.8.